The molecule has 106 valence electrons. The van der Waals surface area contributed by atoms with E-state index in [-0.39, 0.29) is 11.6 Å². The second kappa shape index (κ2) is 6.43. The highest BCUT2D eigenvalue weighted by atomic mass is 16.5. The van der Waals surface area contributed by atoms with Crippen LogP contribution in [0.15, 0.2) is 18.5 Å². The molecule has 19 heavy (non-hydrogen) atoms. The van der Waals surface area contributed by atoms with Gasteiger partial charge in [-0.2, -0.15) is 0 Å². The van der Waals surface area contributed by atoms with Crippen molar-refractivity contribution in [1.82, 2.24) is 10.4 Å². The summed E-state index contributed by atoms with van der Waals surface area (Å²) in [5.74, 6) is 5.80. The molecule has 0 aromatic carbocycles. The maximum absolute atomic E-state index is 6.07. The molecule has 1 unspecified atom stereocenters. The van der Waals surface area contributed by atoms with E-state index in [2.05, 4.69) is 16.5 Å². The zero-order chi connectivity index (χ0) is 13.7. The highest BCUT2D eigenvalue weighted by molar-refractivity contribution is 5.23. The molecule has 3 N–H and O–H groups in total. The number of nitrogens with two attached hydrogens (primary N) is 1. The molecule has 0 saturated carbocycles. The molecule has 5 heteroatoms. The Morgan fingerprint density at radius 3 is 2.79 bits per heavy atom. The van der Waals surface area contributed by atoms with Crippen LogP contribution in [0.5, 0.6) is 0 Å². The topological polar surface area (TPSA) is 69.4 Å². The molecule has 1 fully saturated rings. The Labute approximate surface area is 114 Å². The van der Waals surface area contributed by atoms with Crippen LogP contribution >= 0.6 is 0 Å². The van der Waals surface area contributed by atoms with Gasteiger partial charge in [0, 0.05) is 45.1 Å². The van der Waals surface area contributed by atoms with Gasteiger partial charge in [-0.1, -0.05) is 6.07 Å². The zero-order valence-corrected chi connectivity index (χ0v) is 11.7. The number of hydrogen-bond acceptors (Lipinski definition) is 5. The Kier molecular flexibility index (Phi) is 4.87. The lowest BCUT2D eigenvalue weighted by atomic mass is 9.82. The molecule has 0 aliphatic carbocycles. The van der Waals surface area contributed by atoms with E-state index in [0.29, 0.717) is 19.8 Å². The molecule has 0 radical (unpaired) electrons. The summed E-state index contributed by atoms with van der Waals surface area (Å²) in [6.07, 6.45) is 5.37. The number of nitrogens with one attached hydrogen (secondary N) is 1. The minimum atomic E-state index is -0.308. The minimum absolute atomic E-state index is 0.0660. The SMILES string of the molecule is CCOC1(C(NN)c2cncc(C)c2)CCOCC1. The highest BCUT2D eigenvalue weighted by Gasteiger charge is 2.41. The molecule has 0 amide bonds. The molecular weight excluding hydrogens is 242 g/mol. The second-order valence-electron chi connectivity index (χ2n) is 5.01. The van der Waals surface area contributed by atoms with Crippen molar-refractivity contribution in [3.05, 3.63) is 29.6 Å². The van der Waals surface area contributed by atoms with Crippen molar-refractivity contribution >= 4 is 0 Å². The van der Waals surface area contributed by atoms with Crippen LogP contribution in [0.1, 0.15) is 36.9 Å². The molecule has 0 spiro atoms. The smallest absolute Gasteiger partial charge is 0.0933 e. The van der Waals surface area contributed by atoms with Crippen LogP contribution in [0.2, 0.25) is 0 Å². The van der Waals surface area contributed by atoms with Crippen LogP contribution in [0.3, 0.4) is 0 Å². The van der Waals surface area contributed by atoms with E-state index in [1.807, 2.05) is 26.2 Å². The van der Waals surface area contributed by atoms with Crippen LogP contribution < -0.4 is 11.3 Å². The summed E-state index contributed by atoms with van der Waals surface area (Å²) in [6, 6.07) is 2.04. The zero-order valence-electron chi connectivity index (χ0n) is 11.7. The number of rotatable bonds is 5. The van der Waals surface area contributed by atoms with Crippen molar-refractivity contribution in [2.24, 2.45) is 5.84 Å². The molecule has 1 aromatic rings. The predicted molar refractivity (Wildman–Crippen MR) is 73.4 cm³/mol. The van der Waals surface area contributed by atoms with Gasteiger partial charge in [-0.3, -0.25) is 16.3 Å². The number of aromatic nitrogens is 1. The Bertz CT molecular complexity index is 400. The maximum atomic E-state index is 6.07. The third-order valence-electron chi connectivity index (χ3n) is 3.69. The number of pyridine rings is 1. The van der Waals surface area contributed by atoms with Crippen molar-refractivity contribution in [2.45, 2.75) is 38.3 Å². The standard InChI is InChI=1S/C14H23N3O2/c1-3-19-14(4-6-18-7-5-14)13(17-15)12-8-11(2)9-16-10-12/h8-10,13,17H,3-7,15H2,1-2H3. The van der Waals surface area contributed by atoms with E-state index in [1.165, 1.54) is 0 Å². The lowest BCUT2D eigenvalue weighted by Gasteiger charge is -2.42. The fourth-order valence-corrected chi connectivity index (χ4v) is 2.81. The van der Waals surface area contributed by atoms with Crippen molar-refractivity contribution in [1.29, 1.82) is 0 Å². The fraction of sp³-hybridized carbons (Fsp3) is 0.643. The van der Waals surface area contributed by atoms with Gasteiger partial charge in [-0.05, 0) is 25.0 Å². The first kappa shape index (κ1) is 14.4. The van der Waals surface area contributed by atoms with Crippen LogP contribution in [0.4, 0.5) is 0 Å². The normalized spacial score (nSPS) is 20.2. The Morgan fingerprint density at radius 2 is 2.21 bits per heavy atom. The molecule has 1 aliphatic heterocycles. The largest absolute Gasteiger partial charge is 0.381 e. The van der Waals surface area contributed by atoms with Crippen LogP contribution in [-0.4, -0.2) is 30.4 Å². The maximum Gasteiger partial charge on any atom is 0.0933 e. The van der Waals surface area contributed by atoms with Crippen LogP contribution in [-0.2, 0) is 9.47 Å². The van der Waals surface area contributed by atoms with E-state index < -0.39 is 0 Å². The van der Waals surface area contributed by atoms with Gasteiger partial charge in [-0.15, -0.1) is 0 Å². The Morgan fingerprint density at radius 1 is 1.47 bits per heavy atom. The van der Waals surface area contributed by atoms with Gasteiger partial charge < -0.3 is 9.47 Å². The van der Waals surface area contributed by atoms with Gasteiger partial charge >= 0.3 is 0 Å². The average Bonchev–Trinajstić information content (AvgIpc) is 2.41. The summed E-state index contributed by atoms with van der Waals surface area (Å²) < 4.78 is 11.5. The Balaban J connectivity index is 2.31. The van der Waals surface area contributed by atoms with Gasteiger partial charge in [0.1, 0.15) is 0 Å². The molecule has 5 nitrogen and oxygen atoms in total. The van der Waals surface area contributed by atoms with Gasteiger partial charge in [0.05, 0.1) is 11.6 Å². The fourth-order valence-electron chi connectivity index (χ4n) is 2.81. The van der Waals surface area contributed by atoms with Crippen LogP contribution in [0.25, 0.3) is 0 Å². The molecule has 1 aromatic heterocycles. The summed E-state index contributed by atoms with van der Waals surface area (Å²) in [5.41, 5.74) is 4.80. The third-order valence-corrected chi connectivity index (χ3v) is 3.69. The molecule has 0 bridgehead atoms. The number of aryl methyl sites for hydroxylation is 1. The molecule has 1 atom stereocenters. The van der Waals surface area contributed by atoms with E-state index in [4.69, 9.17) is 15.3 Å². The van der Waals surface area contributed by atoms with E-state index >= 15 is 0 Å². The van der Waals surface area contributed by atoms with Gasteiger partial charge in [-0.25, -0.2) is 0 Å². The summed E-state index contributed by atoms with van der Waals surface area (Å²) in [4.78, 5) is 4.26. The molecule has 2 rings (SSSR count). The van der Waals surface area contributed by atoms with Gasteiger partial charge in [0.2, 0.25) is 0 Å². The van der Waals surface area contributed by atoms with Crippen molar-refractivity contribution in [3.63, 3.8) is 0 Å². The number of nitrogens with zero attached hydrogens (tertiary/aromatic N) is 1. The summed E-state index contributed by atoms with van der Waals surface area (Å²) in [7, 11) is 0. The highest BCUT2D eigenvalue weighted by Crippen LogP contribution is 2.37. The Hall–Kier alpha value is -1.01. The first-order valence-corrected chi connectivity index (χ1v) is 6.81. The molecule has 1 saturated heterocycles. The average molecular weight is 265 g/mol. The minimum Gasteiger partial charge on any atom is -0.381 e. The van der Waals surface area contributed by atoms with Crippen molar-refractivity contribution in [3.8, 4) is 0 Å². The number of hydrogen-bond donors (Lipinski definition) is 2. The van der Waals surface area contributed by atoms with Crippen molar-refractivity contribution in [2.75, 3.05) is 19.8 Å². The molecule has 1 aliphatic rings. The third kappa shape index (κ3) is 3.12. The van der Waals surface area contributed by atoms with E-state index in [9.17, 15) is 0 Å². The quantitative estimate of drug-likeness (QED) is 0.623. The monoisotopic (exact) mass is 265 g/mol. The van der Waals surface area contributed by atoms with E-state index in [1.54, 1.807) is 0 Å². The molecular formula is C14H23N3O2. The second-order valence-corrected chi connectivity index (χ2v) is 5.01. The van der Waals surface area contributed by atoms with Crippen molar-refractivity contribution < 1.29 is 9.47 Å². The first-order valence-electron chi connectivity index (χ1n) is 6.81. The summed E-state index contributed by atoms with van der Waals surface area (Å²) in [5, 5.41) is 0. The van der Waals surface area contributed by atoms with E-state index in [0.717, 1.165) is 24.0 Å². The lowest BCUT2D eigenvalue weighted by Crippen LogP contribution is -2.51. The number of ether oxygens (including phenoxy) is 2. The summed E-state index contributed by atoms with van der Waals surface area (Å²) >= 11 is 0. The lowest BCUT2D eigenvalue weighted by molar-refractivity contribution is -0.128. The number of hydrazine groups is 1. The first-order chi connectivity index (χ1) is 9.22. The molecule has 2 heterocycles. The van der Waals surface area contributed by atoms with Crippen LogP contribution in [0, 0.1) is 6.92 Å². The van der Waals surface area contributed by atoms with Gasteiger partial charge in [0.25, 0.3) is 0 Å². The predicted octanol–water partition coefficient (Wildman–Crippen LogP) is 1.48. The summed E-state index contributed by atoms with van der Waals surface area (Å²) in [6.45, 7) is 6.12. The van der Waals surface area contributed by atoms with Gasteiger partial charge in [0.15, 0.2) is 0 Å².